The molecule has 0 radical (unpaired) electrons. The molecule has 0 heterocycles. The van der Waals surface area contributed by atoms with Crippen LogP contribution in [0.3, 0.4) is 0 Å². The SMILES string of the molecule is CC(C)(C)OC(=O)N(CC(=O)NCCCC(O)(P(=O)(O)O)P(=O)(O)O)C(=O)[C@@H](N)Cc1ccc(N(CCCl)CCCl)cc1. The number of nitrogens with zero attached hydrogens (tertiary/aromatic N) is 2. The fourth-order valence-corrected chi connectivity index (χ4v) is 6.39. The van der Waals surface area contributed by atoms with Gasteiger partial charge in [-0.05, 0) is 51.3 Å². The van der Waals surface area contributed by atoms with E-state index >= 15 is 0 Å². The van der Waals surface area contributed by atoms with Crippen molar-refractivity contribution in [1.29, 1.82) is 0 Å². The van der Waals surface area contributed by atoms with E-state index in [2.05, 4.69) is 5.32 Å². The fourth-order valence-electron chi connectivity index (χ4n) is 3.72. The van der Waals surface area contributed by atoms with Gasteiger partial charge in [0.2, 0.25) is 11.8 Å². The van der Waals surface area contributed by atoms with Gasteiger partial charge in [0.05, 0.1) is 6.04 Å². The average molecular weight is 693 g/mol. The minimum Gasteiger partial charge on any atom is -0.443 e. The largest absolute Gasteiger partial charge is 0.443 e. The number of ether oxygens (including phenoxy) is 1. The zero-order valence-electron chi connectivity index (χ0n) is 24.1. The summed E-state index contributed by atoms with van der Waals surface area (Å²) in [4.78, 5) is 78.0. The summed E-state index contributed by atoms with van der Waals surface area (Å²) in [5, 5.41) is 8.57. The number of rotatable bonds is 16. The Morgan fingerprint density at radius 2 is 1.51 bits per heavy atom. The molecule has 3 amide bonds. The van der Waals surface area contributed by atoms with Crippen molar-refractivity contribution in [2.24, 2.45) is 5.73 Å². The van der Waals surface area contributed by atoms with Crippen molar-refractivity contribution in [2.75, 3.05) is 42.8 Å². The molecule has 0 saturated heterocycles. The first kappa shape index (κ1) is 39.3. The van der Waals surface area contributed by atoms with Gasteiger partial charge in [0, 0.05) is 43.5 Å². The quantitative estimate of drug-likeness (QED) is 0.0739. The number of carbonyl (C=O) groups excluding carboxylic acids is 3. The van der Waals surface area contributed by atoms with E-state index in [9.17, 15) is 48.2 Å². The Bertz CT molecular complexity index is 1160. The first-order chi connectivity index (χ1) is 19.7. The Kier molecular flexibility index (Phi) is 15.1. The summed E-state index contributed by atoms with van der Waals surface area (Å²) >= 11 is 11.7. The average Bonchev–Trinajstić information content (AvgIpc) is 2.87. The van der Waals surface area contributed by atoms with Gasteiger partial charge in [-0.3, -0.25) is 18.7 Å². The van der Waals surface area contributed by atoms with Gasteiger partial charge in [0.15, 0.2) is 0 Å². The highest BCUT2D eigenvalue weighted by atomic mass is 35.5. The number of anilines is 1. The van der Waals surface area contributed by atoms with E-state index < -0.39 is 75.8 Å². The van der Waals surface area contributed by atoms with Crippen molar-refractivity contribution in [1.82, 2.24) is 10.2 Å². The number of benzene rings is 1. The highest BCUT2D eigenvalue weighted by Crippen LogP contribution is 2.69. The van der Waals surface area contributed by atoms with Crippen molar-refractivity contribution in [2.45, 2.75) is 56.8 Å². The van der Waals surface area contributed by atoms with Gasteiger partial charge in [-0.25, -0.2) is 9.69 Å². The van der Waals surface area contributed by atoms with Crippen LogP contribution in [0.4, 0.5) is 10.5 Å². The summed E-state index contributed by atoms with van der Waals surface area (Å²) in [5.74, 6) is -1.04. The third-order valence-corrected chi connectivity index (χ3v) is 10.1. The molecule has 19 heteroatoms. The summed E-state index contributed by atoms with van der Waals surface area (Å²) in [7, 11) is -11.3. The highest BCUT2D eigenvalue weighted by molar-refractivity contribution is 7.72. The third-order valence-electron chi connectivity index (χ3n) is 5.91. The van der Waals surface area contributed by atoms with Crippen LogP contribution in [0.1, 0.15) is 39.2 Å². The first-order valence-electron chi connectivity index (χ1n) is 13.0. The molecule has 0 saturated carbocycles. The predicted octanol–water partition coefficient (Wildman–Crippen LogP) is 1.50. The van der Waals surface area contributed by atoms with E-state index in [1.165, 1.54) is 0 Å². The van der Waals surface area contributed by atoms with Gasteiger partial charge >= 0.3 is 21.3 Å². The topological polar surface area (TPSA) is 240 Å². The second-order valence-electron chi connectivity index (χ2n) is 10.6. The van der Waals surface area contributed by atoms with Crippen LogP contribution in [-0.4, -0.2) is 102 Å². The van der Waals surface area contributed by atoms with Crippen molar-refractivity contribution in [3.63, 3.8) is 0 Å². The van der Waals surface area contributed by atoms with Gasteiger partial charge < -0.3 is 45.4 Å². The van der Waals surface area contributed by atoms with Crippen LogP contribution in [0.2, 0.25) is 0 Å². The molecule has 0 bridgehead atoms. The molecular formula is C24H40Cl2N4O11P2. The van der Waals surface area contributed by atoms with Gasteiger partial charge in [-0.1, -0.05) is 12.1 Å². The Morgan fingerprint density at radius 1 is 1.00 bits per heavy atom. The minimum absolute atomic E-state index is 0.00831. The summed E-state index contributed by atoms with van der Waals surface area (Å²) in [6.45, 7) is 4.55. The summed E-state index contributed by atoms with van der Waals surface area (Å²) < 4.78 is 28.2. The van der Waals surface area contributed by atoms with Crippen molar-refractivity contribution in [3.8, 4) is 0 Å². The number of alkyl halides is 2. The maximum atomic E-state index is 13.2. The molecule has 0 aliphatic heterocycles. The fraction of sp³-hybridized carbons (Fsp3) is 0.625. The van der Waals surface area contributed by atoms with Crippen LogP contribution in [0.15, 0.2) is 24.3 Å². The molecule has 0 aliphatic rings. The van der Waals surface area contributed by atoms with E-state index in [1.54, 1.807) is 32.9 Å². The van der Waals surface area contributed by atoms with E-state index in [4.69, 9.17) is 33.7 Å². The molecule has 0 unspecified atom stereocenters. The standard InChI is InChI=1S/C24H40Cl2N4O11P2/c1-23(2,3)41-22(33)30(16-20(31)28-12-4-9-24(34,42(35,36)37)43(38,39)40)21(32)19(27)15-17-5-7-18(8-6-17)29(13-10-25)14-11-26/h5-8,19,34H,4,9-16,27H2,1-3H3,(H,28,31)(H2,35,36,37)(H2,38,39,40)/t19-/m0/s1. The number of nitrogens with one attached hydrogen (secondary N) is 1. The maximum Gasteiger partial charge on any atom is 0.417 e. The number of halogens is 2. The summed E-state index contributed by atoms with van der Waals surface area (Å²) in [6.07, 6.45) is -2.67. The number of hydrogen-bond acceptors (Lipinski definition) is 9. The molecule has 1 atom stereocenters. The molecule has 43 heavy (non-hydrogen) atoms. The Hall–Kier alpha value is -1.77. The lowest BCUT2D eigenvalue weighted by molar-refractivity contribution is -0.136. The minimum atomic E-state index is -5.66. The Morgan fingerprint density at radius 3 is 1.95 bits per heavy atom. The summed E-state index contributed by atoms with van der Waals surface area (Å²) in [6, 6.07) is 5.86. The van der Waals surface area contributed by atoms with Crippen molar-refractivity contribution in [3.05, 3.63) is 29.8 Å². The number of hydrogen-bond donors (Lipinski definition) is 7. The maximum absolute atomic E-state index is 13.2. The van der Waals surface area contributed by atoms with E-state index in [0.29, 0.717) is 35.3 Å². The van der Waals surface area contributed by atoms with Gasteiger partial charge in [-0.15, -0.1) is 23.2 Å². The van der Waals surface area contributed by atoms with E-state index in [0.717, 1.165) is 5.69 Å². The molecule has 1 aromatic rings. The number of imide groups is 1. The van der Waals surface area contributed by atoms with Crippen LogP contribution < -0.4 is 16.0 Å². The van der Waals surface area contributed by atoms with Crippen LogP contribution in [0.5, 0.6) is 0 Å². The Balaban J connectivity index is 2.97. The lowest BCUT2D eigenvalue weighted by Gasteiger charge is -2.29. The first-order valence-corrected chi connectivity index (χ1v) is 17.3. The smallest absolute Gasteiger partial charge is 0.417 e. The van der Waals surface area contributed by atoms with Crippen molar-refractivity contribution >= 4 is 62.0 Å². The predicted molar refractivity (Wildman–Crippen MR) is 161 cm³/mol. The number of aliphatic hydroxyl groups is 1. The van der Waals surface area contributed by atoms with Crippen LogP contribution in [0, 0.1) is 0 Å². The Labute approximate surface area is 260 Å². The van der Waals surface area contributed by atoms with Gasteiger partial charge in [0.25, 0.3) is 5.08 Å². The van der Waals surface area contributed by atoms with Crippen LogP contribution >= 0.6 is 38.4 Å². The lowest BCUT2D eigenvalue weighted by atomic mass is 10.0. The zero-order valence-corrected chi connectivity index (χ0v) is 27.4. The second kappa shape index (κ2) is 16.5. The number of amides is 3. The lowest BCUT2D eigenvalue weighted by Crippen LogP contribution is -2.52. The molecule has 15 nitrogen and oxygen atoms in total. The van der Waals surface area contributed by atoms with E-state index in [1.807, 2.05) is 17.0 Å². The molecular weight excluding hydrogens is 653 g/mol. The molecule has 0 spiro atoms. The molecule has 8 N–H and O–H groups in total. The molecule has 0 fully saturated rings. The third kappa shape index (κ3) is 12.3. The molecule has 0 aliphatic carbocycles. The zero-order chi connectivity index (χ0) is 33.2. The van der Waals surface area contributed by atoms with Crippen molar-refractivity contribution < 1.29 is 52.9 Å². The molecule has 246 valence electrons. The number of nitrogens with two attached hydrogens (primary N) is 1. The highest BCUT2D eigenvalue weighted by Gasteiger charge is 2.58. The van der Waals surface area contributed by atoms with Crippen LogP contribution in [0.25, 0.3) is 0 Å². The van der Waals surface area contributed by atoms with Gasteiger partial charge in [-0.2, -0.15) is 0 Å². The van der Waals surface area contributed by atoms with Crippen LogP contribution in [-0.2, 0) is 29.9 Å². The normalized spacial score (nSPS) is 13.3. The molecule has 1 aromatic carbocycles. The van der Waals surface area contributed by atoms with E-state index in [-0.39, 0.29) is 6.42 Å². The number of carbonyl (C=O) groups is 3. The van der Waals surface area contributed by atoms with Gasteiger partial charge in [0.1, 0.15) is 12.1 Å². The molecule has 0 aromatic heterocycles. The summed E-state index contributed by atoms with van der Waals surface area (Å²) in [5.41, 5.74) is 6.61. The second-order valence-corrected chi connectivity index (χ2v) is 15.3. The monoisotopic (exact) mass is 692 g/mol. The molecule has 1 rings (SSSR count).